The van der Waals surface area contributed by atoms with E-state index in [0.717, 1.165) is 32.0 Å². The molecule has 1 fully saturated rings. The summed E-state index contributed by atoms with van der Waals surface area (Å²) in [6, 6.07) is 6.60. The second-order valence-electron chi connectivity index (χ2n) is 8.33. The molecular weight excluding hydrogens is 360 g/mol. The lowest BCUT2D eigenvalue weighted by Crippen LogP contribution is -2.48. The Morgan fingerprint density at radius 2 is 1.93 bits per heavy atom. The van der Waals surface area contributed by atoms with Crippen molar-refractivity contribution in [1.29, 1.82) is 0 Å². The molecule has 0 spiro atoms. The summed E-state index contributed by atoms with van der Waals surface area (Å²) in [6.07, 6.45) is 3.10. The van der Waals surface area contributed by atoms with Crippen LogP contribution in [-0.2, 0) is 6.42 Å². The number of rotatable bonds is 8. The van der Waals surface area contributed by atoms with E-state index in [4.69, 9.17) is 0 Å². The van der Waals surface area contributed by atoms with Gasteiger partial charge in [0.2, 0.25) is 0 Å². The molecule has 2 heterocycles. The maximum Gasteiger partial charge on any atom is 0.190 e. The van der Waals surface area contributed by atoms with Gasteiger partial charge in [-0.05, 0) is 43.0 Å². The zero-order valence-corrected chi connectivity index (χ0v) is 18.6. The van der Waals surface area contributed by atoms with Gasteiger partial charge in [0.25, 0.3) is 0 Å². The molecule has 0 saturated carbocycles. The molecule has 160 valence electrons. The highest BCUT2D eigenvalue weighted by atomic mass is 15.3. The van der Waals surface area contributed by atoms with Crippen molar-refractivity contribution in [2.45, 2.75) is 27.2 Å². The van der Waals surface area contributed by atoms with E-state index in [0.29, 0.717) is 5.92 Å². The van der Waals surface area contributed by atoms with Gasteiger partial charge in [0.05, 0.1) is 0 Å². The normalized spacial score (nSPS) is 17.6. The molecular formula is C23H38N6. The first-order valence-electron chi connectivity index (χ1n) is 11.0. The number of fused-ring (bicyclic) bond motifs is 1. The Labute approximate surface area is 175 Å². The van der Waals surface area contributed by atoms with Crippen LogP contribution in [0.5, 0.6) is 0 Å². The minimum Gasteiger partial charge on any atom is -0.361 e. The van der Waals surface area contributed by atoms with Gasteiger partial charge >= 0.3 is 0 Å². The Morgan fingerprint density at radius 3 is 2.66 bits per heavy atom. The number of aromatic nitrogens is 1. The zero-order valence-electron chi connectivity index (χ0n) is 18.6. The molecule has 2 aromatic rings. The van der Waals surface area contributed by atoms with Crippen LogP contribution in [0.4, 0.5) is 0 Å². The van der Waals surface area contributed by atoms with E-state index in [2.05, 4.69) is 75.6 Å². The lowest BCUT2D eigenvalue weighted by Gasteiger charge is -2.35. The Kier molecular flexibility index (Phi) is 7.95. The van der Waals surface area contributed by atoms with E-state index in [9.17, 15) is 0 Å². The summed E-state index contributed by atoms with van der Waals surface area (Å²) < 4.78 is 0. The number of aliphatic imine (C=N–C) groups is 1. The summed E-state index contributed by atoms with van der Waals surface area (Å²) in [4.78, 5) is 12.9. The summed E-state index contributed by atoms with van der Waals surface area (Å²) in [6.45, 7) is 15.6. The van der Waals surface area contributed by atoms with Crippen molar-refractivity contribution in [2.24, 2.45) is 10.9 Å². The Balaban J connectivity index is 1.38. The fourth-order valence-corrected chi connectivity index (χ4v) is 4.11. The van der Waals surface area contributed by atoms with Crippen LogP contribution in [0.1, 0.15) is 25.0 Å². The third-order valence-electron chi connectivity index (χ3n) is 5.93. The summed E-state index contributed by atoms with van der Waals surface area (Å²) in [7, 11) is 1.85. The van der Waals surface area contributed by atoms with Crippen LogP contribution >= 0.6 is 0 Å². The van der Waals surface area contributed by atoms with Crippen LogP contribution in [0.3, 0.4) is 0 Å². The molecule has 1 aromatic heterocycles. The number of H-pyrrole nitrogens is 1. The van der Waals surface area contributed by atoms with Crippen LogP contribution in [-0.4, -0.2) is 80.1 Å². The molecule has 6 nitrogen and oxygen atoms in total. The van der Waals surface area contributed by atoms with Gasteiger partial charge in [-0.2, -0.15) is 0 Å². The van der Waals surface area contributed by atoms with Gasteiger partial charge in [-0.15, -0.1) is 0 Å². The number of nitrogens with one attached hydrogen (secondary N) is 3. The highest BCUT2D eigenvalue weighted by Crippen LogP contribution is 2.19. The molecule has 0 aliphatic carbocycles. The first-order chi connectivity index (χ1) is 14.1. The summed E-state index contributed by atoms with van der Waals surface area (Å²) in [5, 5.41) is 8.28. The van der Waals surface area contributed by atoms with Crippen LogP contribution in [0.25, 0.3) is 10.9 Å². The van der Waals surface area contributed by atoms with Gasteiger partial charge < -0.3 is 25.4 Å². The summed E-state index contributed by atoms with van der Waals surface area (Å²) >= 11 is 0. The van der Waals surface area contributed by atoms with E-state index in [1.807, 2.05) is 7.05 Å². The van der Waals surface area contributed by atoms with Crippen LogP contribution in [0.15, 0.2) is 29.4 Å². The molecule has 29 heavy (non-hydrogen) atoms. The number of guanidine groups is 1. The van der Waals surface area contributed by atoms with Crippen molar-refractivity contribution in [3.63, 3.8) is 0 Å². The Hall–Kier alpha value is -2.05. The number of likely N-dealkylation sites (N-methyl/N-ethyl adjacent to an activating group) is 1. The minimum absolute atomic E-state index is 0.596. The fourth-order valence-electron chi connectivity index (χ4n) is 4.11. The minimum atomic E-state index is 0.596. The van der Waals surface area contributed by atoms with Gasteiger partial charge in [-0.25, -0.2) is 0 Å². The van der Waals surface area contributed by atoms with Gasteiger partial charge in [0.15, 0.2) is 5.96 Å². The van der Waals surface area contributed by atoms with Crippen LogP contribution in [0.2, 0.25) is 0 Å². The number of aryl methyl sites for hydroxylation is 1. The van der Waals surface area contributed by atoms with Gasteiger partial charge in [0.1, 0.15) is 0 Å². The molecule has 0 radical (unpaired) electrons. The van der Waals surface area contributed by atoms with Crippen LogP contribution in [0, 0.1) is 12.8 Å². The highest BCUT2D eigenvalue weighted by Gasteiger charge is 2.17. The molecule has 6 heteroatoms. The highest BCUT2D eigenvalue weighted by molar-refractivity contribution is 5.84. The van der Waals surface area contributed by atoms with Gasteiger partial charge in [0, 0.05) is 70.0 Å². The average Bonchev–Trinajstić information content (AvgIpc) is 3.13. The monoisotopic (exact) mass is 398 g/mol. The zero-order chi connectivity index (χ0) is 20.6. The third-order valence-corrected chi connectivity index (χ3v) is 5.93. The number of benzene rings is 1. The van der Waals surface area contributed by atoms with E-state index in [1.54, 1.807) is 0 Å². The van der Waals surface area contributed by atoms with Crippen molar-refractivity contribution in [3.05, 3.63) is 35.5 Å². The second kappa shape index (κ2) is 10.6. The topological polar surface area (TPSA) is 58.7 Å². The maximum absolute atomic E-state index is 4.39. The van der Waals surface area contributed by atoms with Crippen molar-refractivity contribution in [1.82, 2.24) is 25.4 Å². The lowest BCUT2D eigenvalue weighted by atomic mass is 10.1. The van der Waals surface area contributed by atoms with E-state index < -0.39 is 0 Å². The van der Waals surface area contributed by atoms with Crippen LogP contribution < -0.4 is 10.6 Å². The third kappa shape index (κ3) is 6.21. The summed E-state index contributed by atoms with van der Waals surface area (Å²) in [5.74, 6) is 1.49. The lowest BCUT2D eigenvalue weighted by molar-refractivity contribution is 0.124. The SMILES string of the molecule is CCN1CCN(CC(C)CNC(=NC)NCCc2c[nH]c3cc(C)ccc23)CC1. The molecule has 1 aromatic carbocycles. The predicted molar refractivity (Wildman–Crippen MR) is 124 cm³/mol. The van der Waals surface area contributed by atoms with Gasteiger partial charge in [-0.1, -0.05) is 26.0 Å². The van der Waals surface area contributed by atoms with Gasteiger partial charge in [-0.3, -0.25) is 4.99 Å². The number of piperazine rings is 1. The molecule has 0 bridgehead atoms. The van der Waals surface area contributed by atoms with E-state index in [-0.39, 0.29) is 0 Å². The van der Waals surface area contributed by atoms with Crippen molar-refractivity contribution >= 4 is 16.9 Å². The molecule has 3 N–H and O–H groups in total. The number of aromatic amines is 1. The van der Waals surface area contributed by atoms with E-state index >= 15 is 0 Å². The molecule has 1 aliphatic rings. The number of nitrogens with zero attached hydrogens (tertiary/aromatic N) is 3. The Bertz CT molecular complexity index is 788. The van der Waals surface area contributed by atoms with E-state index in [1.165, 1.54) is 54.8 Å². The molecule has 3 rings (SSSR count). The van der Waals surface area contributed by atoms with Crippen molar-refractivity contribution in [2.75, 3.05) is 59.4 Å². The van der Waals surface area contributed by atoms with Crippen molar-refractivity contribution < 1.29 is 0 Å². The average molecular weight is 399 g/mol. The quantitative estimate of drug-likeness (QED) is 0.472. The van der Waals surface area contributed by atoms with Crippen molar-refractivity contribution in [3.8, 4) is 0 Å². The molecule has 1 aliphatic heterocycles. The second-order valence-corrected chi connectivity index (χ2v) is 8.33. The molecule has 1 atom stereocenters. The fraction of sp³-hybridized carbons (Fsp3) is 0.609. The standard InChI is InChI=1S/C23H38N6/c1-5-28-10-12-29(13-11-28)17-19(3)15-27-23(24-4)25-9-8-20-16-26-22-14-18(2)6-7-21(20)22/h6-7,14,16,19,26H,5,8-13,15,17H2,1-4H3,(H2,24,25,27). The number of hydrogen-bond acceptors (Lipinski definition) is 3. The first kappa shape index (κ1) is 21.7. The first-order valence-corrected chi connectivity index (χ1v) is 11.0. The molecule has 0 amide bonds. The molecule has 1 saturated heterocycles. The predicted octanol–water partition coefficient (Wildman–Crippen LogP) is 2.46. The largest absolute Gasteiger partial charge is 0.361 e. The number of hydrogen-bond donors (Lipinski definition) is 3. The summed E-state index contributed by atoms with van der Waals surface area (Å²) in [5.41, 5.74) is 3.86. The maximum atomic E-state index is 4.39. The molecule has 1 unspecified atom stereocenters. The Morgan fingerprint density at radius 1 is 1.17 bits per heavy atom. The smallest absolute Gasteiger partial charge is 0.190 e.